The summed E-state index contributed by atoms with van der Waals surface area (Å²) in [5.41, 5.74) is 0. The van der Waals surface area contributed by atoms with E-state index in [0.717, 1.165) is 0 Å². The summed E-state index contributed by atoms with van der Waals surface area (Å²) in [6, 6.07) is 0. The molecule has 0 aromatic heterocycles. The van der Waals surface area contributed by atoms with Gasteiger partial charge in [0, 0.05) is 0 Å². The van der Waals surface area contributed by atoms with Crippen LogP contribution >= 0.6 is 0 Å². The number of fused-ring (bicyclic) bond motifs is 2. The van der Waals surface area contributed by atoms with Crippen LogP contribution in [0.3, 0.4) is 0 Å². The molecule has 0 saturated carbocycles. The van der Waals surface area contributed by atoms with Gasteiger partial charge in [-0.25, -0.2) is 0 Å². The van der Waals surface area contributed by atoms with E-state index in [-0.39, 0.29) is 113 Å². The topological polar surface area (TPSA) is 250 Å². The van der Waals surface area contributed by atoms with E-state index in [0.29, 0.717) is 0 Å². The minimum atomic E-state index is -1.45. The van der Waals surface area contributed by atoms with Crippen LogP contribution in [0.25, 0.3) is 0 Å². The monoisotopic (exact) mass is 338 g/mol. The third kappa shape index (κ3) is 15.0. The maximum Gasteiger partial charge on any atom is 1.00 e. The molecule has 108 valence electrons. The molecule has 0 aromatic rings. The van der Waals surface area contributed by atoms with E-state index in [1.165, 1.54) is 0 Å². The molecule has 20 heavy (non-hydrogen) atoms. The summed E-state index contributed by atoms with van der Waals surface area (Å²) < 4.78 is 30.9. The first-order valence-electron chi connectivity index (χ1n) is 3.37. The largest absolute Gasteiger partial charge is 1.00 e. The second-order valence-corrected chi connectivity index (χ2v) is 1.98. The van der Waals surface area contributed by atoms with E-state index in [1.807, 2.05) is 0 Å². The van der Waals surface area contributed by atoms with Gasteiger partial charge in [-0.3, -0.25) is 0 Å². The van der Waals surface area contributed by atoms with Crippen molar-refractivity contribution in [2.24, 2.45) is 0 Å². The Bertz CT molecular complexity index is 174. The summed E-state index contributed by atoms with van der Waals surface area (Å²) in [6.07, 6.45) is 0. The second kappa shape index (κ2) is 21.1. The van der Waals surface area contributed by atoms with Crippen molar-refractivity contribution in [1.82, 2.24) is 0 Å². The van der Waals surface area contributed by atoms with Crippen LogP contribution < -0.4 is 80.9 Å². The zero-order valence-electron chi connectivity index (χ0n) is 12.7. The first-order valence-corrected chi connectivity index (χ1v) is 3.37. The fourth-order valence-corrected chi connectivity index (χ4v) is 0.728. The Morgan fingerprint density at radius 2 is 1.00 bits per heavy atom. The van der Waals surface area contributed by atoms with Gasteiger partial charge in [-0.15, -0.1) is 0 Å². The molecule has 2 heterocycles. The molecule has 0 unspecified atom stereocenters. The Kier molecular flexibility index (Phi) is 40.1. The van der Waals surface area contributed by atoms with E-state index in [9.17, 15) is 0 Å². The van der Waals surface area contributed by atoms with Gasteiger partial charge in [0.1, 0.15) is 0 Å². The van der Waals surface area contributed by atoms with Gasteiger partial charge in [0.2, 0.25) is 0 Å². The average Bonchev–Trinajstić information content (AvgIpc) is 2.01. The second-order valence-electron chi connectivity index (χ2n) is 1.98. The van der Waals surface area contributed by atoms with Gasteiger partial charge in [-0.1, -0.05) is 0 Å². The van der Waals surface area contributed by atoms with E-state index >= 15 is 0 Å². The Hall–Kier alpha value is 2.12. The third-order valence-corrected chi connectivity index (χ3v) is 1.13. The molecule has 20 heteroatoms. The summed E-state index contributed by atoms with van der Waals surface area (Å²) >= 11 is 0. The molecular formula is H13B5KNaO13. The molecule has 2 bridgehead atoms. The predicted octanol–water partition coefficient (Wildman–Crippen LogP) is -13.1. The van der Waals surface area contributed by atoms with E-state index in [2.05, 4.69) is 22.9 Å². The van der Waals surface area contributed by atoms with Crippen molar-refractivity contribution in [3.05, 3.63) is 0 Å². The van der Waals surface area contributed by atoms with Crippen molar-refractivity contribution >= 4 is 36.6 Å². The fourth-order valence-electron chi connectivity index (χ4n) is 0.728. The van der Waals surface area contributed by atoms with Crippen LogP contribution in [-0.4, -0.2) is 73.6 Å². The zero-order valence-corrected chi connectivity index (χ0v) is 15.8. The van der Waals surface area contributed by atoms with Gasteiger partial charge in [0.25, 0.3) is 0 Å². The molecule has 2 rings (SSSR count). The third-order valence-electron chi connectivity index (χ3n) is 1.13. The maximum atomic E-state index is 8.74. The quantitative estimate of drug-likeness (QED) is 0.354. The molecule has 2 aliphatic heterocycles. The fraction of sp³-hybridized carbons (Fsp3) is 0. The summed E-state index contributed by atoms with van der Waals surface area (Å²) in [4.78, 5) is 0. The van der Waals surface area contributed by atoms with Gasteiger partial charge in [-0.2, -0.15) is 0 Å². The first kappa shape index (κ1) is 38.0. The van der Waals surface area contributed by atoms with Crippen molar-refractivity contribution in [2.45, 2.75) is 0 Å². The Labute approximate surface area is 182 Å². The Morgan fingerprint density at radius 1 is 0.800 bits per heavy atom. The molecule has 11 N–H and O–H groups in total. The molecule has 0 aromatic carbocycles. The molecule has 0 radical (unpaired) electrons. The van der Waals surface area contributed by atoms with Gasteiger partial charge in [0.05, 0.1) is 0 Å². The standard InChI is InChI=1S/B4H2O7.BHO2.K.Na.4H2O.2H/c5-1-7-3-9-2(6)10-4(8-1)11-3;2-1-3;;;;;;;;/h5-6H;2H;;;4*1H2;;/q;;2*+1;;;;;2*-1. The molecule has 2 fully saturated rings. The molecule has 0 spiro atoms. The van der Waals surface area contributed by atoms with E-state index in [4.69, 9.17) is 19.8 Å². The number of hydrogen-bond acceptors (Lipinski definition) is 8. The van der Waals surface area contributed by atoms with E-state index < -0.39 is 29.3 Å². The molecule has 13 nitrogen and oxygen atoms in total. The maximum absolute atomic E-state index is 8.74. The molecule has 2 aliphatic rings. The van der Waals surface area contributed by atoms with Gasteiger partial charge < -0.3 is 57.7 Å². The van der Waals surface area contributed by atoms with Crippen molar-refractivity contribution in [3.8, 4) is 0 Å². The summed E-state index contributed by atoms with van der Waals surface area (Å²) in [5, 5.41) is 24.4. The Balaban J connectivity index is -0.0000000279. The molecule has 0 aliphatic carbocycles. The minimum absolute atomic E-state index is 0. The average molecular weight is 337 g/mol. The van der Waals surface area contributed by atoms with Crippen LogP contribution in [0.5, 0.6) is 0 Å². The van der Waals surface area contributed by atoms with Crippen molar-refractivity contribution in [2.75, 3.05) is 0 Å². The first-order chi connectivity index (χ1) is 6.65. The number of rotatable bonds is 0. The van der Waals surface area contributed by atoms with Crippen LogP contribution in [0.1, 0.15) is 2.85 Å². The minimum Gasteiger partial charge on any atom is -1.00 e. The van der Waals surface area contributed by atoms with Crippen molar-refractivity contribution in [3.63, 3.8) is 0 Å². The van der Waals surface area contributed by atoms with Crippen LogP contribution in [0, 0.1) is 0 Å². The molecule has 0 amide bonds. The molecule has 0 atom stereocenters. The SMILES string of the molecule is O.O.O.O.O=BO.OB1OB2OB(O)OB(O1)O2.[H-].[H-].[K+].[Na+]. The summed E-state index contributed by atoms with van der Waals surface area (Å²) in [7, 11) is -5.45. The van der Waals surface area contributed by atoms with Crippen molar-refractivity contribution in [1.29, 1.82) is 0 Å². The van der Waals surface area contributed by atoms with Gasteiger partial charge in [-0.05, 0) is 0 Å². The van der Waals surface area contributed by atoms with Crippen LogP contribution in [0.15, 0.2) is 0 Å². The Morgan fingerprint density at radius 3 is 1.20 bits per heavy atom. The predicted molar refractivity (Wildman–Crippen MR) is 58.2 cm³/mol. The summed E-state index contributed by atoms with van der Waals surface area (Å²) in [5.74, 6) is 0. The molecule has 2 saturated heterocycles. The number of hydrogen-bond donors (Lipinski definition) is 3. The van der Waals surface area contributed by atoms with Crippen molar-refractivity contribution < 1.29 is 148 Å². The smallest absolute Gasteiger partial charge is 1.00 e. The zero-order chi connectivity index (χ0) is 10.6. The van der Waals surface area contributed by atoms with Crippen LogP contribution in [0.2, 0.25) is 0 Å². The van der Waals surface area contributed by atoms with Gasteiger partial charge >= 0.3 is 127 Å². The van der Waals surface area contributed by atoms with Crippen LogP contribution in [0.4, 0.5) is 0 Å². The van der Waals surface area contributed by atoms with E-state index in [1.54, 1.807) is 0 Å². The normalized spacial score (nSPS) is 13.9. The summed E-state index contributed by atoms with van der Waals surface area (Å²) in [6.45, 7) is 0. The molecular weight excluding hydrogens is 324 g/mol. The van der Waals surface area contributed by atoms with Crippen LogP contribution in [-0.2, 0) is 27.6 Å². The van der Waals surface area contributed by atoms with Gasteiger partial charge in [0.15, 0.2) is 0 Å².